The van der Waals surface area contributed by atoms with E-state index in [1.807, 2.05) is 11.8 Å². The van der Waals surface area contributed by atoms with Crippen LogP contribution in [-0.4, -0.2) is 31.1 Å². The summed E-state index contributed by atoms with van der Waals surface area (Å²) in [7, 11) is -3.55. The van der Waals surface area contributed by atoms with Gasteiger partial charge in [-0.05, 0) is 36.8 Å². The maximum absolute atomic E-state index is 12.1. The van der Waals surface area contributed by atoms with Gasteiger partial charge in [-0.15, -0.1) is 0 Å². The van der Waals surface area contributed by atoms with Gasteiger partial charge in [-0.25, -0.2) is 13.1 Å². The van der Waals surface area contributed by atoms with Crippen LogP contribution in [0.15, 0.2) is 23.1 Å². The maximum Gasteiger partial charge on any atom is 0.240 e. The Morgan fingerprint density at radius 2 is 2.21 bits per heavy atom. The summed E-state index contributed by atoms with van der Waals surface area (Å²) in [4.78, 5) is 0.0867. The molecule has 1 fully saturated rings. The van der Waals surface area contributed by atoms with E-state index in [0.717, 1.165) is 18.6 Å². The number of rotatable bonds is 4. The summed E-state index contributed by atoms with van der Waals surface area (Å²) in [6.45, 7) is 0.438. The van der Waals surface area contributed by atoms with E-state index in [-0.39, 0.29) is 16.3 Å². The zero-order chi connectivity index (χ0) is 13.9. The number of aromatic hydroxyl groups is 1. The number of nitrogens with two attached hydrogens (primary N) is 1. The largest absolute Gasteiger partial charge is 0.506 e. The molecule has 2 rings (SSSR count). The topological polar surface area (TPSA) is 92.4 Å². The van der Waals surface area contributed by atoms with Crippen molar-refractivity contribution in [2.24, 2.45) is 0 Å². The molecule has 0 amide bonds. The van der Waals surface area contributed by atoms with Gasteiger partial charge in [0.15, 0.2) is 0 Å². The molecule has 19 heavy (non-hydrogen) atoms. The van der Waals surface area contributed by atoms with Crippen LogP contribution in [0, 0.1) is 0 Å². The van der Waals surface area contributed by atoms with Crippen LogP contribution in [0.4, 0.5) is 5.69 Å². The molecule has 0 aliphatic carbocycles. The molecule has 1 aliphatic rings. The van der Waals surface area contributed by atoms with Crippen molar-refractivity contribution in [3.8, 4) is 5.75 Å². The van der Waals surface area contributed by atoms with Gasteiger partial charge in [-0.3, -0.25) is 0 Å². The van der Waals surface area contributed by atoms with E-state index in [1.165, 1.54) is 24.6 Å². The summed E-state index contributed by atoms with van der Waals surface area (Å²) < 4.78 is 26.8. The Kier molecular flexibility index (Phi) is 4.59. The molecule has 0 radical (unpaired) electrons. The van der Waals surface area contributed by atoms with E-state index in [1.54, 1.807) is 0 Å². The highest BCUT2D eigenvalue weighted by molar-refractivity contribution is 8.00. The lowest BCUT2D eigenvalue weighted by Gasteiger charge is -2.21. The number of nitrogen functional groups attached to an aromatic ring is 1. The molecule has 0 aromatic heterocycles. The predicted molar refractivity (Wildman–Crippen MR) is 77.8 cm³/mol. The van der Waals surface area contributed by atoms with Crippen molar-refractivity contribution in [2.75, 3.05) is 18.0 Å². The van der Waals surface area contributed by atoms with Gasteiger partial charge in [0.1, 0.15) is 5.75 Å². The van der Waals surface area contributed by atoms with Crippen LogP contribution in [0.3, 0.4) is 0 Å². The number of sulfonamides is 1. The molecule has 1 heterocycles. The first-order valence-electron chi connectivity index (χ1n) is 6.19. The zero-order valence-corrected chi connectivity index (χ0v) is 12.1. The van der Waals surface area contributed by atoms with E-state index in [9.17, 15) is 13.5 Å². The summed E-state index contributed by atoms with van der Waals surface area (Å²) in [5.74, 6) is 0.986. The van der Waals surface area contributed by atoms with Gasteiger partial charge < -0.3 is 10.8 Å². The van der Waals surface area contributed by atoms with E-state index >= 15 is 0 Å². The van der Waals surface area contributed by atoms with Crippen molar-refractivity contribution >= 4 is 27.5 Å². The second kappa shape index (κ2) is 6.02. The molecule has 1 aromatic rings. The molecule has 1 saturated heterocycles. The minimum Gasteiger partial charge on any atom is -0.506 e. The van der Waals surface area contributed by atoms with Crippen LogP contribution in [0.5, 0.6) is 5.75 Å². The summed E-state index contributed by atoms with van der Waals surface area (Å²) in [5, 5.41) is 9.64. The molecule has 5 nitrogen and oxygen atoms in total. The molecule has 1 aliphatic heterocycles. The fourth-order valence-corrected chi connectivity index (χ4v) is 4.41. The van der Waals surface area contributed by atoms with Crippen LogP contribution >= 0.6 is 11.8 Å². The quantitative estimate of drug-likeness (QED) is 0.579. The van der Waals surface area contributed by atoms with Gasteiger partial charge in [0.05, 0.1) is 10.6 Å². The highest BCUT2D eigenvalue weighted by Crippen LogP contribution is 2.26. The van der Waals surface area contributed by atoms with Crippen LogP contribution < -0.4 is 10.5 Å². The lowest BCUT2D eigenvalue weighted by molar-refractivity contribution is 0.477. The Labute approximate surface area is 117 Å². The number of thioether (sulfide) groups is 1. The third-order valence-corrected chi connectivity index (χ3v) is 5.90. The smallest absolute Gasteiger partial charge is 0.240 e. The Balaban J connectivity index is 2.02. The Bertz CT molecular complexity index is 540. The monoisotopic (exact) mass is 302 g/mol. The minimum atomic E-state index is -3.55. The summed E-state index contributed by atoms with van der Waals surface area (Å²) >= 11 is 1.81. The van der Waals surface area contributed by atoms with E-state index in [0.29, 0.717) is 11.8 Å². The Hall–Kier alpha value is -0.920. The second-order valence-corrected chi connectivity index (χ2v) is 7.74. The average Bonchev–Trinajstić information content (AvgIpc) is 2.41. The molecule has 1 atom stereocenters. The second-order valence-electron chi connectivity index (χ2n) is 4.56. The Morgan fingerprint density at radius 1 is 1.42 bits per heavy atom. The number of anilines is 1. The minimum absolute atomic E-state index is 0.0647. The number of phenols is 1. The van der Waals surface area contributed by atoms with Crippen molar-refractivity contribution in [2.45, 2.75) is 29.4 Å². The number of hydrogen-bond donors (Lipinski definition) is 3. The molecule has 0 bridgehead atoms. The molecule has 1 aromatic carbocycles. The van der Waals surface area contributed by atoms with E-state index in [4.69, 9.17) is 5.73 Å². The van der Waals surface area contributed by atoms with E-state index < -0.39 is 10.0 Å². The molecular formula is C12H18N2O3S2. The molecular weight excluding hydrogens is 284 g/mol. The zero-order valence-electron chi connectivity index (χ0n) is 10.5. The van der Waals surface area contributed by atoms with Gasteiger partial charge >= 0.3 is 0 Å². The lowest BCUT2D eigenvalue weighted by atomic mass is 10.2. The third kappa shape index (κ3) is 3.77. The fraction of sp³-hybridized carbons (Fsp3) is 0.500. The van der Waals surface area contributed by atoms with Crippen molar-refractivity contribution in [3.63, 3.8) is 0 Å². The van der Waals surface area contributed by atoms with Crippen LogP contribution in [-0.2, 0) is 10.0 Å². The first-order chi connectivity index (χ1) is 8.99. The molecule has 7 heteroatoms. The van der Waals surface area contributed by atoms with Gasteiger partial charge in [0, 0.05) is 11.8 Å². The van der Waals surface area contributed by atoms with Gasteiger partial charge in [-0.1, -0.05) is 6.42 Å². The predicted octanol–water partition coefficient (Wildman–Crippen LogP) is 1.54. The van der Waals surface area contributed by atoms with Crippen molar-refractivity contribution < 1.29 is 13.5 Å². The summed E-state index contributed by atoms with van der Waals surface area (Å²) in [6.07, 6.45) is 3.42. The molecule has 106 valence electrons. The highest BCUT2D eigenvalue weighted by Gasteiger charge is 2.19. The molecule has 4 N–H and O–H groups in total. The van der Waals surface area contributed by atoms with Crippen LogP contribution in [0.2, 0.25) is 0 Å². The SMILES string of the molecule is Nc1cc(S(=O)(=O)NCC2CCCCS2)ccc1O. The third-order valence-electron chi connectivity index (χ3n) is 3.08. The number of phenolic OH excluding ortho intramolecular Hbond substituents is 1. The molecule has 1 unspecified atom stereocenters. The standard InChI is InChI=1S/C12H18N2O3S2/c13-11-7-10(4-5-12(11)15)19(16,17)14-8-9-3-1-2-6-18-9/h4-5,7,9,14-15H,1-3,6,8,13H2. The first kappa shape index (κ1) is 14.5. The van der Waals surface area contributed by atoms with Gasteiger partial charge in [-0.2, -0.15) is 11.8 Å². The fourth-order valence-electron chi connectivity index (χ4n) is 1.95. The first-order valence-corrected chi connectivity index (χ1v) is 8.72. The normalized spacial score (nSPS) is 20.3. The van der Waals surface area contributed by atoms with Crippen LogP contribution in [0.25, 0.3) is 0 Å². The highest BCUT2D eigenvalue weighted by atomic mass is 32.2. The van der Waals surface area contributed by atoms with Crippen molar-refractivity contribution in [1.29, 1.82) is 0 Å². The van der Waals surface area contributed by atoms with E-state index in [2.05, 4.69) is 4.72 Å². The molecule has 0 spiro atoms. The average molecular weight is 302 g/mol. The number of hydrogen-bond acceptors (Lipinski definition) is 5. The Morgan fingerprint density at radius 3 is 2.84 bits per heavy atom. The lowest BCUT2D eigenvalue weighted by Crippen LogP contribution is -2.32. The summed E-state index contributed by atoms with van der Waals surface area (Å²) in [6, 6.07) is 3.91. The maximum atomic E-state index is 12.1. The van der Waals surface area contributed by atoms with Gasteiger partial charge in [0.25, 0.3) is 0 Å². The molecule has 0 saturated carbocycles. The number of benzene rings is 1. The van der Waals surface area contributed by atoms with Crippen LogP contribution in [0.1, 0.15) is 19.3 Å². The summed E-state index contributed by atoms with van der Waals surface area (Å²) in [5.41, 5.74) is 5.57. The van der Waals surface area contributed by atoms with Gasteiger partial charge in [0.2, 0.25) is 10.0 Å². The van der Waals surface area contributed by atoms with Crippen molar-refractivity contribution in [3.05, 3.63) is 18.2 Å². The van der Waals surface area contributed by atoms with Crippen molar-refractivity contribution in [1.82, 2.24) is 4.72 Å². The number of nitrogens with one attached hydrogen (secondary N) is 1.